The second kappa shape index (κ2) is 6.55. The molecule has 1 heterocycles. The molecular weight excluding hydrogens is 293 g/mol. The number of ether oxygens (including phenoxy) is 1. The number of alkyl halides is 1. The van der Waals surface area contributed by atoms with Crippen molar-refractivity contribution in [3.05, 3.63) is 28.3 Å². The molecule has 0 amide bonds. The highest BCUT2D eigenvalue weighted by molar-refractivity contribution is 6.30. The minimum absolute atomic E-state index is 0.370. The van der Waals surface area contributed by atoms with E-state index in [-0.39, 0.29) is 0 Å². The average Bonchev–Trinajstić information content (AvgIpc) is 2.87. The Kier molecular flexibility index (Phi) is 4.75. The zero-order chi connectivity index (χ0) is 13.9. The van der Waals surface area contributed by atoms with Crippen LogP contribution in [0.5, 0.6) is 5.75 Å². The molecule has 3 rings (SSSR count). The summed E-state index contributed by atoms with van der Waals surface area (Å²) in [7, 11) is 0. The third-order valence-electron chi connectivity index (χ3n) is 4.29. The summed E-state index contributed by atoms with van der Waals surface area (Å²) in [6.07, 6.45) is 5.84. The predicted molar refractivity (Wildman–Crippen MR) is 84.0 cm³/mol. The molecule has 2 unspecified atom stereocenters. The second-order valence-electron chi connectivity index (χ2n) is 5.91. The van der Waals surface area contributed by atoms with Crippen LogP contribution in [-0.2, 0) is 13.0 Å². The molecule has 1 N–H and O–H groups in total. The van der Waals surface area contributed by atoms with Gasteiger partial charge in [-0.15, -0.1) is 11.6 Å². The van der Waals surface area contributed by atoms with Crippen molar-refractivity contribution in [2.45, 2.75) is 44.0 Å². The summed E-state index contributed by atoms with van der Waals surface area (Å²) in [5, 5.41) is 4.73. The van der Waals surface area contributed by atoms with Crippen LogP contribution in [0, 0.1) is 5.92 Å². The predicted octanol–water partition coefficient (Wildman–Crippen LogP) is 4.16. The fraction of sp³-hybridized carbons (Fsp3) is 0.625. The van der Waals surface area contributed by atoms with Crippen LogP contribution in [0.3, 0.4) is 0 Å². The highest BCUT2D eigenvalue weighted by Crippen LogP contribution is 2.33. The molecule has 1 saturated carbocycles. The van der Waals surface area contributed by atoms with Crippen LogP contribution in [0.4, 0.5) is 0 Å². The lowest BCUT2D eigenvalue weighted by atomic mass is 9.89. The molecule has 2 atom stereocenters. The molecule has 4 heteroatoms. The van der Waals surface area contributed by atoms with Gasteiger partial charge in [0.2, 0.25) is 0 Å². The highest BCUT2D eigenvalue weighted by Gasteiger charge is 2.21. The van der Waals surface area contributed by atoms with Crippen LogP contribution in [0.1, 0.15) is 36.8 Å². The van der Waals surface area contributed by atoms with E-state index < -0.39 is 0 Å². The molecule has 20 heavy (non-hydrogen) atoms. The van der Waals surface area contributed by atoms with E-state index in [2.05, 4.69) is 5.32 Å². The summed E-state index contributed by atoms with van der Waals surface area (Å²) < 4.78 is 5.72. The van der Waals surface area contributed by atoms with Crippen LogP contribution < -0.4 is 10.1 Å². The molecule has 1 aliphatic carbocycles. The Labute approximate surface area is 130 Å². The van der Waals surface area contributed by atoms with E-state index in [9.17, 15) is 0 Å². The monoisotopic (exact) mass is 313 g/mol. The average molecular weight is 314 g/mol. The van der Waals surface area contributed by atoms with Crippen LogP contribution in [0.15, 0.2) is 12.1 Å². The van der Waals surface area contributed by atoms with Gasteiger partial charge in [0.1, 0.15) is 5.75 Å². The van der Waals surface area contributed by atoms with Gasteiger partial charge in [0, 0.05) is 28.9 Å². The first kappa shape index (κ1) is 14.5. The van der Waals surface area contributed by atoms with E-state index in [1.807, 2.05) is 12.1 Å². The van der Waals surface area contributed by atoms with Crippen molar-refractivity contribution in [3.8, 4) is 5.75 Å². The summed E-state index contributed by atoms with van der Waals surface area (Å²) in [4.78, 5) is 0. The quantitative estimate of drug-likeness (QED) is 0.843. The zero-order valence-corrected chi connectivity index (χ0v) is 13.1. The molecule has 1 aromatic rings. The Morgan fingerprint density at radius 1 is 1.30 bits per heavy atom. The first-order chi connectivity index (χ1) is 9.72. The first-order valence-corrected chi connectivity index (χ1v) is 8.32. The Hall–Kier alpha value is -0.440. The second-order valence-corrected chi connectivity index (χ2v) is 6.97. The summed E-state index contributed by atoms with van der Waals surface area (Å²) in [5.74, 6) is 1.75. The molecule has 110 valence electrons. The van der Waals surface area contributed by atoms with Crippen molar-refractivity contribution in [2.75, 3.05) is 13.2 Å². The molecule has 0 saturated heterocycles. The molecule has 2 aliphatic rings. The van der Waals surface area contributed by atoms with Crippen molar-refractivity contribution in [1.82, 2.24) is 5.32 Å². The van der Waals surface area contributed by atoms with E-state index in [1.54, 1.807) is 0 Å². The Balaban J connectivity index is 1.56. The zero-order valence-electron chi connectivity index (χ0n) is 11.6. The van der Waals surface area contributed by atoms with Crippen LogP contribution in [0.2, 0.25) is 5.02 Å². The van der Waals surface area contributed by atoms with Crippen molar-refractivity contribution in [3.63, 3.8) is 0 Å². The Morgan fingerprint density at radius 2 is 2.20 bits per heavy atom. The highest BCUT2D eigenvalue weighted by atomic mass is 35.5. The molecule has 0 spiro atoms. The van der Waals surface area contributed by atoms with Gasteiger partial charge in [0.05, 0.1) is 6.61 Å². The van der Waals surface area contributed by atoms with Gasteiger partial charge in [-0.05, 0) is 49.4 Å². The van der Waals surface area contributed by atoms with Gasteiger partial charge in [-0.25, -0.2) is 0 Å². The van der Waals surface area contributed by atoms with Crippen molar-refractivity contribution in [2.24, 2.45) is 5.92 Å². The molecule has 1 aliphatic heterocycles. The molecule has 0 bridgehead atoms. The maximum Gasteiger partial charge on any atom is 0.127 e. The van der Waals surface area contributed by atoms with Gasteiger partial charge in [0.25, 0.3) is 0 Å². The maximum atomic E-state index is 6.24. The SMILES string of the molecule is Clc1cc2c(c(CNCC3CCCC(Cl)C3)c1)OCC2. The summed E-state index contributed by atoms with van der Waals surface area (Å²) in [6.45, 7) is 2.64. The van der Waals surface area contributed by atoms with Gasteiger partial charge in [-0.1, -0.05) is 18.0 Å². The van der Waals surface area contributed by atoms with Crippen molar-refractivity contribution < 1.29 is 4.74 Å². The number of fused-ring (bicyclic) bond motifs is 1. The van der Waals surface area contributed by atoms with E-state index in [0.29, 0.717) is 11.3 Å². The van der Waals surface area contributed by atoms with Crippen molar-refractivity contribution >= 4 is 23.2 Å². The molecule has 1 fully saturated rings. The summed E-state index contributed by atoms with van der Waals surface area (Å²) in [6, 6.07) is 4.04. The lowest BCUT2D eigenvalue weighted by molar-refractivity contribution is 0.339. The van der Waals surface area contributed by atoms with Crippen molar-refractivity contribution in [1.29, 1.82) is 0 Å². The molecular formula is C16H21Cl2NO. The van der Waals surface area contributed by atoms with E-state index in [4.69, 9.17) is 27.9 Å². The third-order valence-corrected chi connectivity index (χ3v) is 4.91. The summed E-state index contributed by atoms with van der Waals surface area (Å²) >= 11 is 12.4. The maximum absolute atomic E-state index is 6.24. The molecule has 0 aromatic heterocycles. The van der Waals surface area contributed by atoms with E-state index >= 15 is 0 Å². The van der Waals surface area contributed by atoms with E-state index in [1.165, 1.54) is 30.4 Å². The lowest BCUT2D eigenvalue weighted by Gasteiger charge is -2.25. The number of rotatable bonds is 4. The van der Waals surface area contributed by atoms with Crippen LogP contribution in [-0.4, -0.2) is 18.5 Å². The van der Waals surface area contributed by atoms with Gasteiger partial charge < -0.3 is 10.1 Å². The third kappa shape index (κ3) is 3.41. The van der Waals surface area contributed by atoms with Gasteiger partial charge in [-0.3, -0.25) is 0 Å². The van der Waals surface area contributed by atoms with Gasteiger partial charge in [0.15, 0.2) is 0 Å². The van der Waals surface area contributed by atoms with Gasteiger partial charge in [-0.2, -0.15) is 0 Å². The number of hydrogen-bond acceptors (Lipinski definition) is 2. The summed E-state index contributed by atoms with van der Waals surface area (Å²) in [5.41, 5.74) is 2.43. The Bertz CT molecular complexity index is 478. The molecule has 0 radical (unpaired) electrons. The molecule has 1 aromatic carbocycles. The minimum Gasteiger partial charge on any atom is -0.493 e. The number of nitrogens with one attached hydrogen (secondary N) is 1. The first-order valence-electron chi connectivity index (χ1n) is 7.51. The van der Waals surface area contributed by atoms with E-state index in [0.717, 1.165) is 43.3 Å². The topological polar surface area (TPSA) is 21.3 Å². The fourth-order valence-electron chi connectivity index (χ4n) is 3.30. The minimum atomic E-state index is 0.370. The lowest BCUT2D eigenvalue weighted by Crippen LogP contribution is -2.27. The normalized spacial score (nSPS) is 25.3. The Morgan fingerprint density at radius 3 is 3.05 bits per heavy atom. The number of hydrogen-bond donors (Lipinski definition) is 1. The van der Waals surface area contributed by atoms with Crippen LogP contribution in [0.25, 0.3) is 0 Å². The smallest absolute Gasteiger partial charge is 0.127 e. The standard InChI is InChI=1S/C16H21Cl2NO/c17-14-3-1-2-11(6-14)9-19-10-13-8-15(18)7-12-4-5-20-16(12)13/h7-8,11,14,19H,1-6,9-10H2. The number of halogens is 2. The molecule has 2 nitrogen and oxygen atoms in total. The number of benzene rings is 1. The van der Waals surface area contributed by atoms with Crippen LogP contribution >= 0.6 is 23.2 Å². The van der Waals surface area contributed by atoms with Gasteiger partial charge >= 0.3 is 0 Å². The fourth-order valence-corrected chi connectivity index (χ4v) is 3.97. The largest absolute Gasteiger partial charge is 0.493 e.